The molecule has 0 bridgehead atoms. The summed E-state index contributed by atoms with van der Waals surface area (Å²) >= 11 is 0. The van der Waals surface area contributed by atoms with Crippen molar-refractivity contribution in [3.63, 3.8) is 0 Å². The van der Waals surface area contributed by atoms with Crippen LogP contribution in [0.4, 0.5) is 0 Å². The van der Waals surface area contributed by atoms with Gasteiger partial charge >= 0.3 is 0 Å². The van der Waals surface area contributed by atoms with E-state index >= 15 is 0 Å². The average molecular weight is 508 g/mol. The number of nitrogens with zero attached hydrogens (tertiary/aromatic N) is 3. The predicted molar refractivity (Wildman–Crippen MR) is 123 cm³/mol. The number of carbonyl (C=O) groups excluding carboxylic acids is 1. The van der Waals surface area contributed by atoms with Gasteiger partial charge in [0.25, 0.3) is 5.91 Å². The van der Waals surface area contributed by atoms with Crippen molar-refractivity contribution in [2.75, 3.05) is 32.7 Å². The summed E-state index contributed by atoms with van der Waals surface area (Å²) in [4.78, 5) is 21.1. The topological polar surface area (TPSA) is 74.2 Å². The highest BCUT2D eigenvalue weighted by molar-refractivity contribution is 14.0. The minimum absolute atomic E-state index is 0. The molecular weight excluding hydrogens is 483 g/mol. The van der Waals surface area contributed by atoms with E-state index in [0.717, 1.165) is 42.3 Å². The van der Waals surface area contributed by atoms with Gasteiger partial charge in [-0.15, -0.1) is 24.0 Å². The van der Waals surface area contributed by atoms with E-state index in [1.165, 1.54) is 6.26 Å². The number of benzene rings is 1. The molecule has 0 unspecified atom stereocenters. The largest absolute Gasteiger partial charge is 0.459 e. The summed E-state index contributed by atoms with van der Waals surface area (Å²) in [6, 6.07) is 13.4. The van der Waals surface area contributed by atoms with Gasteiger partial charge in [0.2, 0.25) is 0 Å². The van der Waals surface area contributed by atoms with E-state index in [1.807, 2.05) is 42.2 Å². The number of hydrogen-bond acceptors (Lipinski definition) is 4. The highest BCUT2D eigenvalue weighted by Gasteiger charge is 2.25. The smallest absolute Gasteiger partial charge is 0.289 e. The standard InChI is InChI=1S/C21H24N4O3.HI/c1-2-22-21(23-15-17-14-16-6-3-4-7-18(16)28-17)25-11-9-24(10-12-25)20(26)19-8-5-13-27-19;/h3-8,13-14H,2,9-12,15H2,1H3,(H,22,23);1H. The molecule has 0 radical (unpaired) electrons. The molecule has 1 aliphatic heterocycles. The molecule has 0 spiro atoms. The minimum atomic E-state index is -0.0612. The van der Waals surface area contributed by atoms with E-state index in [2.05, 4.69) is 10.2 Å². The van der Waals surface area contributed by atoms with Gasteiger partial charge < -0.3 is 24.0 Å². The van der Waals surface area contributed by atoms with Crippen LogP contribution in [-0.2, 0) is 6.54 Å². The minimum Gasteiger partial charge on any atom is -0.459 e. The van der Waals surface area contributed by atoms with E-state index in [0.29, 0.717) is 25.4 Å². The molecule has 1 saturated heterocycles. The number of amides is 1. The number of rotatable bonds is 4. The zero-order valence-electron chi connectivity index (χ0n) is 16.3. The molecule has 3 heterocycles. The molecule has 1 amide bonds. The van der Waals surface area contributed by atoms with Crippen LogP contribution in [0, 0.1) is 0 Å². The van der Waals surface area contributed by atoms with Gasteiger partial charge in [0.1, 0.15) is 17.9 Å². The first-order chi connectivity index (χ1) is 13.7. The Bertz CT molecular complexity index is 926. The highest BCUT2D eigenvalue weighted by atomic mass is 127. The number of guanidine groups is 1. The van der Waals surface area contributed by atoms with E-state index < -0.39 is 0 Å². The van der Waals surface area contributed by atoms with Gasteiger partial charge in [-0.2, -0.15) is 0 Å². The molecule has 0 aliphatic carbocycles. The van der Waals surface area contributed by atoms with Crippen molar-refractivity contribution >= 4 is 46.8 Å². The third-order valence-corrected chi connectivity index (χ3v) is 4.79. The molecule has 1 fully saturated rings. The van der Waals surface area contributed by atoms with Crippen molar-refractivity contribution in [2.24, 2.45) is 4.99 Å². The predicted octanol–water partition coefficient (Wildman–Crippen LogP) is 3.57. The van der Waals surface area contributed by atoms with Gasteiger partial charge in [0.15, 0.2) is 11.7 Å². The van der Waals surface area contributed by atoms with Crippen LogP contribution in [-0.4, -0.2) is 54.4 Å². The molecule has 4 rings (SSSR count). The van der Waals surface area contributed by atoms with Crippen molar-refractivity contribution in [2.45, 2.75) is 13.5 Å². The van der Waals surface area contributed by atoms with Crippen LogP contribution in [0.25, 0.3) is 11.0 Å². The van der Waals surface area contributed by atoms with Gasteiger partial charge in [-0.25, -0.2) is 4.99 Å². The van der Waals surface area contributed by atoms with Crippen molar-refractivity contribution in [1.82, 2.24) is 15.1 Å². The number of fused-ring (bicyclic) bond motifs is 1. The normalized spacial score (nSPS) is 14.7. The second kappa shape index (κ2) is 9.82. The van der Waals surface area contributed by atoms with Crippen molar-refractivity contribution in [1.29, 1.82) is 0 Å². The maximum atomic E-state index is 12.4. The number of furan rings is 2. The third-order valence-electron chi connectivity index (χ3n) is 4.79. The summed E-state index contributed by atoms with van der Waals surface area (Å²) < 4.78 is 11.1. The van der Waals surface area contributed by atoms with Crippen LogP contribution in [0.2, 0.25) is 0 Å². The zero-order valence-corrected chi connectivity index (χ0v) is 18.7. The van der Waals surface area contributed by atoms with Crippen molar-refractivity contribution in [3.05, 3.63) is 60.2 Å². The highest BCUT2D eigenvalue weighted by Crippen LogP contribution is 2.19. The second-order valence-electron chi connectivity index (χ2n) is 6.68. The van der Waals surface area contributed by atoms with Gasteiger partial charge in [-0.3, -0.25) is 4.79 Å². The fraction of sp³-hybridized carbons (Fsp3) is 0.333. The Balaban J connectivity index is 0.00000240. The van der Waals surface area contributed by atoms with Crippen LogP contribution in [0.5, 0.6) is 0 Å². The summed E-state index contributed by atoms with van der Waals surface area (Å²) in [5.74, 6) is 2.00. The van der Waals surface area contributed by atoms with E-state index in [1.54, 1.807) is 12.1 Å². The maximum absolute atomic E-state index is 12.4. The van der Waals surface area contributed by atoms with Gasteiger partial charge in [-0.1, -0.05) is 18.2 Å². The number of nitrogens with one attached hydrogen (secondary N) is 1. The summed E-state index contributed by atoms with van der Waals surface area (Å²) in [5, 5.41) is 4.43. The van der Waals surface area contributed by atoms with Crippen LogP contribution < -0.4 is 5.32 Å². The summed E-state index contributed by atoms with van der Waals surface area (Å²) in [7, 11) is 0. The van der Waals surface area contributed by atoms with Gasteiger partial charge in [0, 0.05) is 38.1 Å². The zero-order chi connectivity index (χ0) is 19.3. The lowest BCUT2D eigenvalue weighted by atomic mass is 10.2. The van der Waals surface area contributed by atoms with Crippen LogP contribution >= 0.6 is 24.0 Å². The quantitative estimate of drug-likeness (QED) is 0.332. The molecule has 0 saturated carbocycles. The summed E-state index contributed by atoms with van der Waals surface area (Å²) in [5.41, 5.74) is 0.878. The summed E-state index contributed by atoms with van der Waals surface area (Å²) in [6.07, 6.45) is 1.53. The molecule has 29 heavy (non-hydrogen) atoms. The monoisotopic (exact) mass is 508 g/mol. The molecule has 0 atom stereocenters. The second-order valence-corrected chi connectivity index (χ2v) is 6.68. The lowest BCUT2D eigenvalue weighted by molar-refractivity contribution is 0.0657. The van der Waals surface area contributed by atoms with Crippen molar-refractivity contribution in [3.8, 4) is 0 Å². The first-order valence-corrected chi connectivity index (χ1v) is 9.58. The Morgan fingerprint density at radius 3 is 2.55 bits per heavy atom. The molecule has 8 heteroatoms. The molecule has 2 aromatic heterocycles. The van der Waals surface area contributed by atoms with E-state index in [-0.39, 0.29) is 29.9 Å². The van der Waals surface area contributed by atoms with Crippen molar-refractivity contribution < 1.29 is 13.6 Å². The van der Waals surface area contributed by atoms with Crippen LogP contribution in [0.1, 0.15) is 23.2 Å². The number of para-hydroxylation sites is 1. The molecule has 7 nitrogen and oxygen atoms in total. The molecule has 1 aromatic carbocycles. The molecule has 1 N–H and O–H groups in total. The number of aliphatic imine (C=N–C) groups is 1. The first-order valence-electron chi connectivity index (χ1n) is 9.58. The fourth-order valence-electron chi connectivity index (χ4n) is 3.37. The summed E-state index contributed by atoms with van der Waals surface area (Å²) in [6.45, 7) is 6.01. The Hall–Kier alpha value is -2.49. The van der Waals surface area contributed by atoms with Gasteiger partial charge in [0.05, 0.1) is 6.26 Å². The SMILES string of the molecule is CCNC(=NCc1cc2ccccc2o1)N1CCN(C(=O)c2ccco2)CC1.I. The Morgan fingerprint density at radius 2 is 1.86 bits per heavy atom. The Morgan fingerprint density at radius 1 is 1.10 bits per heavy atom. The fourth-order valence-corrected chi connectivity index (χ4v) is 3.37. The average Bonchev–Trinajstić information content (AvgIpc) is 3.40. The first kappa shape index (κ1) is 21.2. The Kier molecular flexibility index (Phi) is 7.18. The molecule has 3 aromatic rings. The maximum Gasteiger partial charge on any atom is 0.289 e. The Labute approximate surface area is 186 Å². The lowest BCUT2D eigenvalue weighted by Crippen LogP contribution is -2.53. The lowest BCUT2D eigenvalue weighted by Gasteiger charge is -2.36. The van der Waals surface area contributed by atoms with Crippen LogP contribution in [0.15, 0.2) is 62.6 Å². The third kappa shape index (κ3) is 4.92. The van der Waals surface area contributed by atoms with E-state index in [9.17, 15) is 4.79 Å². The van der Waals surface area contributed by atoms with Crippen LogP contribution in [0.3, 0.4) is 0 Å². The van der Waals surface area contributed by atoms with E-state index in [4.69, 9.17) is 13.8 Å². The van der Waals surface area contributed by atoms with Gasteiger partial charge in [-0.05, 0) is 31.2 Å². The number of piperazine rings is 1. The number of hydrogen-bond donors (Lipinski definition) is 1. The number of carbonyl (C=O) groups is 1. The molecule has 1 aliphatic rings. The molecule has 154 valence electrons. The number of halogens is 1. The molecular formula is C21H25IN4O3.